The van der Waals surface area contributed by atoms with Crippen LogP contribution in [0.1, 0.15) is 25.7 Å². The molecule has 2 bridgehead atoms. The molecule has 2 N–H and O–H groups in total. The molecule has 4 aliphatic rings. The quantitative estimate of drug-likeness (QED) is 0.701. The lowest BCUT2D eigenvalue weighted by atomic mass is 9.88. The molecule has 3 aliphatic heterocycles. The highest BCUT2D eigenvalue weighted by Crippen LogP contribution is 2.26. The molecule has 0 radical (unpaired) electrons. The zero-order valence-electron chi connectivity index (χ0n) is 10.1. The molecule has 4 rings (SSSR count). The van der Waals surface area contributed by atoms with Crippen LogP contribution in [0.5, 0.6) is 0 Å². The second kappa shape index (κ2) is 4.47. The van der Waals surface area contributed by atoms with E-state index in [0.717, 1.165) is 0 Å². The summed E-state index contributed by atoms with van der Waals surface area (Å²) < 4.78 is 0. The molecule has 3 fully saturated rings. The molecule has 0 spiro atoms. The first kappa shape index (κ1) is 10.8. The first-order valence-corrected chi connectivity index (χ1v) is 6.75. The lowest BCUT2D eigenvalue weighted by Gasteiger charge is -2.50. The first-order valence-electron chi connectivity index (χ1n) is 6.75. The molecule has 3 nitrogen and oxygen atoms in total. The summed E-state index contributed by atoms with van der Waals surface area (Å²) in [4.78, 5) is 5.19. The molecule has 0 aromatic rings. The molecule has 0 aromatic heterocycles. The summed E-state index contributed by atoms with van der Waals surface area (Å²) in [6.07, 6.45) is 7.60. The van der Waals surface area contributed by atoms with E-state index in [1.54, 1.807) is 0 Å². The van der Waals surface area contributed by atoms with Gasteiger partial charge in [0.1, 0.15) is 0 Å². The molecule has 0 aromatic carbocycles. The number of rotatable bonds is 2. The van der Waals surface area contributed by atoms with Crippen molar-refractivity contribution in [3.63, 3.8) is 0 Å². The van der Waals surface area contributed by atoms with E-state index in [4.69, 9.17) is 5.73 Å². The van der Waals surface area contributed by atoms with E-state index in [1.165, 1.54) is 64.0 Å². The molecular formula is C13H23N3. The van der Waals surface area contributed by atoms with Gasteiger partial charge in [0.25, 0.3) is 0 Å². The van der Waals surface area contributed by atoms with E-state index < -0.39 is 0 Å². The highest BCUT2D eigenvalue weighted by atomic mass is 15.3. The van der Waals surface area contributed by atoms with Gasteiger partial charge in [-0.15, -0.1) is 0 Å². The maximum absolute atomic E-state index is 6.47. The second-order valence-corrected chi connectivity index (χ2v) is 5.45. The number of hydrogen-bond donors (Lipinski definition) is 1. The SMILES string of the molecule is NC(C1=CCCCC1)C1CN2CCN1CC2. The maximum atomic E-state index is 6.47. The van der Waals surface area contributed by atoms with E-state index in [1.807, 2.05) is 0 Å². The van der Waals surface area contributed by atoms with Gasteiger partial charge in [0, 0.05) is 44.8 Å². The van der Waals surface area contributed by atoms with Gasteiger partial charge in [0.05, 0.1) is 0 Å². The lowest BCUT2D eigenvalue weighted by Crippen LogP contribution is -2.66. The maximum Gasteiger partial charge on any atom is 0.0424 e. The Labute approximate surface area is 98.3 Å². The van der Waals surface area contributed by atoms with Gasteiger partial charge in [0.2, 0.25) is 0 Å². The Balaban J connectivity index is 1.70. The lowest BCUT2D eigenvalue weighted by molar-refractivity contribution is 0.00657. The Kier molecular flexibility index (Phi) is 3.01. The van der Waals surface area contributed by atoms with Crippen molar-refractivity contribution in [1.29, 1.82) is 0 Å². The summed E-state index contributed by atoms with van der Waals surface area (Å²) in [6.45, 7) is 6.15. The third-order valence-electron chi connectivity index (χ3n) is 4.49. The number of nitrogens with two attached hydrogens (primary N) is 1. The van der Waals surface area contributed by atoms with Crippen LogP contribution in [-0.2, 0) is 0 Å². The third-order valence-corrected chi connectivity index (χ3v) is 4.49. The Morgan fingerprint density at radius 3 is 2.56 bits per heavy atom. The van der Waals surface area contributed by atoms with Crippen molar-refractivity contribution in [1.82, 2.24) is 9.80 Å². The van der Waals surface area contributed by atoms with Gasteiger partial charge < -0.3 is 5.73 Å². The van der Waals surface area contributed by atoms with E-state index in [-0.39, 0.29) is 0 Å². The fourth-order valence-electron chi connectivity index (χ4n) is 3.41. The van der Waals surface area contributed by atoms with Crippen LogP contribution >= 0.6 is 0 Å². The third kappa shape index (κ3) is 1.92. The first-order chi connectivity index (χ1) is 7.84. The number of piperazine rings is 3. The average molecular weight is 221 g/mol. The summed E-state index contributed by atoms with van der Waals surface area (Å²) in [5.74, 6) is 0. The van der Waals surface area contributed by atoms with Crippen LogP contribution in [0.4, 0.5) is 0 Å². The molecule has 2 unspecified atom stereocenters. The molecule has 2 atom stereocenters. The van der Waals surface area contributed by atoms with Crippen LogP contribution < -0.4 is 5.73 Å². The molecule has 1 aliphatic carbocycles. The standard InChI is InChI=1S/C13H23N3/c14-13(11-4-2-1-3-5-11)12-10-15-6-8-16(12)9-7-15/h4,12-13H,1-3,5-10,14H2. The predicted molar refractivity (Wildman–Crippen MR) is 66.3 cm³/mol. The molecule has 90 valence electrons. The summed E-state index contributed by atoms with van der Waals surface area (Å²) >= 11 is 0. The Bertz CT molecular complexity index is 279. The summed E-state index contributed by atoms with van der Waals surface area (Å²) in [5, 5.41) is 0. The molecule has 3 heterocycles. The van der Waals surface area contributed by atoms with Crippen LogP contribution in [0.3, 0.4) is 0 Å². The van der Waals surface area contributed by atoms with Crippen LogP contribution in [0.25, 0.3) is 0 Å². The molecule has 0 amide bonds. The number of hydrogen-bond acceptors (Lipinski definition) is 3. The predicted octanol–water partition coefficient (Wildman–Crippen LogP) is 0.814. The van der Waals surface area contributed by atoms with Crippen molar-refractivity contribution >= 4 is 0 Å². The number of nitrogens with zero attached hydrogens (tertiary/aromatic N) is 2. The van der Waals surface area contributed by atoms with Crippen molar-refractivity contribution < 1.29 is 0 Å². The van der Waals surface area contributed by atoms with Crippen LogP contribution in [0.15, 0.2) is 11.6 Å². The van der Waals surface area contributed by atoms with Crippen molar-refractivity contribution in [2.45, 2.75) is 37.8 Å². The van der Waals surface area contributed by atoms with Crippen molar-refractivity contribution in [2.75, 3.05) is 32.7 Å². The van der Waals surface area contributed by atoms with Crippen molar-refractivity contribution in [3.05, 3.63) is 11.6 Å². The van der Waals surface area contributed by atoms with Crippen LogP contribution in [-0.4, -0.2) is 54.6 Å². The Morgan fingerprint density at radius 2 is 2.00 bits per heavy atom. The van der Waals surface area contributed by atoms with E-state index in [9.17, 15) is 0 Å². The average Bonchev–Trinajstić information content (AvgIpc) is 2.40. The molecule has 16 heavy (non-hydrogen) atoms. The van der Waals surface area contributed by atoms with E-state index in [0.29, 0.717) is 12.1 Å². The normalized spacial score (nSPS) is 40.6. The highest BCUT2D eigenvalue weighted by molar-refractivity contribution is 5.17. The largest absolute Gasteiger partial charge is 0.323 e. The van der Waals surface area contributed by atoms with Gasteiger partial charge >= 0.3 is 0 Å². The van der Waals surface area contributed by atoms with E-state index in [2.05, 4.69) is 15.9 Å². The fraction of sp³-hybridized carbons (Fsp3) is 0.846. The van der Waals surface area contributed by atoms with Gasteiger partial charge in [-0.3, -0.25) is 9.80 Å². The zero-order valence-corrected chi connectivity index (χ0v) is 10.1. The van der Waals surface area contributed by atoms with Gasteiger partial charge in [-0.1, -0.05) is 11.6 Å². The van der Waals surface area contributed by atoms with E-state index >= 15 is 0 Å². The Morgan fingerprint density at radius 1 is 1.19 bits per heavy atom. The van der Waals surface area contributed by atoms with Gasteiger partial charge in [0.15, 0.2) is 0 Å². The monoisotopic (exact) mass is 221 g/mol. The van der Waals surface area contributed by atoms with Gasteiger partial charge in [-0.05, 0) is 25.7 Å². The minimum atomic E-state index is 0.295. The summed E-state index contributed by atoms with van der Waals surface area (Å²) in [5.41, 5.74) is 8.01. The summed E-state index contributed by atoms with van der Waals surface area (Å²) in [6, 6.07) is 0.884. The zero-order chi connectivity index (χ0) is 11.0. The molecule has 0 saturated carbocycles. The van der Waals surface area contributed by atoms with Crippen molar-refractivity contribution in [3.8, 4) is 0 Å². The Hall–Kier alpha value is -0.380. The van der Waals surface area contributed by atoms with Gasteiger partial charge in [-0.2, -0.15) is 0 Å². The minimum absolute atomic E-state index is 0.295. The van der Waals surface area contributed by atoms with Crippen LogP contribution in [0.2, 0.25) is 0 Å². The van der Waals surface area contributed by atoms with Gasteiger partial charge in [-0.25, -0.2) is 0 Å². The number of fused-ring (bicyclic) bond motifs is 3. The number of allylic oxidation sites excluding steroid dienone is 1. The van der Waals surface area contributed by atoms with Crippen molar-refractivity contribution in [2.24, 2.45) is 5.73 Å². The smallest absolute Gasteiger partial charge is 0.0424 e. The summed E-state index contributed by atoms with van der Waals surface area (Å²) in [7, 11) is 0. The fourth-order valence-corrected chi connectivity index (χ4v) is 3.41. The topological polar surface area (TPSA) is 32.5 Å². The second-order valence-electron chi connectivity index (χ2n) is 5.45. The highest BCUT2D eigenvalue weighted by Gasteiger charge is 2.36. The van der Waals surface area contributed by atoms with Crippen LogP contribution in [0, 0.1) is 0 Å². The molecular weight excluding hydrogens is 198 g/mol. The minimum Gasteiger partial charge on any atom is -0.323 e. The molecule has 3 heteroatoms. The molecule has 3 saturated heterocycles.